The number of likely N-dealkylation sites (N-methyl/N-ethyl adjacent to an activating group) is 3. The zero-order valence-electron chi connectivity index (χ0n) is 70.5. The Morgan fingerprint density at radius 1 is 0.492 bits per heavy atom. The topological polar surface area (TPSA) is 417 Å². The van der Waals surface area contributed by atoms with Gasteiger partial charge in [-0.25, -0.2) is 4.79 Å². The van der Waals surface area contributed by atoms with E-state index in [2.05, 4.69) is 53.2 Å². The van der Waals surface area contributed by atoms with E-state index in [0.29, 0.717) is 94.2 Å². The van der Waals surface area contributed by atoms with E-state index in [9.17, 15) is 71.9 Å². The average molecular weight is 1660 g/mol. The summed E-state index contributed by atoms with van der Waals surface area (Å²) in [6.07, 6.45) is 15.6. The first-order valence-corrected chi connectivity index (χ1v) is 43.1. The van der Waals surface area contributed by atoms with E-state index < -0.39 is 82.8 Å². The third-order valence-electron chi connectivity index (χ3n) is 27.4. The Morgan fingerprint density at radius 2 is 0.917 bits per heavy atom. The number of esters is 3. The van der Waals surface area contributed by atoms with Gasteiger partial charge in [0.1, 0.15) is 48.4 Å². The van der Waals surface area contributed by atoms with E-state index in [0.717, 1.165) is 93.7 Å². The molecule has 10 aliphatic heterocycles. The van der Waals surface area contributed by atoms with Gasteiger partial charge in [-0.2, -0.15) is 0 Å². The second kappa shape index (κ2) is 38.7. The van der Waals surface area contributed by atoms with Crippen LogP contribution >= 0.6 is 0 Å². The number of hydrogen-bond acceptors (Lipinski definition) is 21. The van der Waals surface area contributed by atoms with Gasteiger partial charge in [0.05, 0.1) is 42.6 Å². The smallest absolute Gasteiger partial charge is 0.329 e. The highest BCUT2D eigenvalue weighted by atomic mass is 16.6. The molecular formula is C88H120N14O18. The van der Waals surface area contributed by atoms with Crippen LogP contribution in [0.3, 0.4) is 0 Å². The van der Waals surface area contributed by atoms with Crippen LogP contribution in [-0.4, -0.2) is 233 Å². The summed E-state index contributed by atoms with van der Waals surface area (Å²) in [5.41, 5.74) is 1.22. The van der Waals surface area contributed by atoms with Gasteiger partial charge in [-0.15, -0.1) is 0 Å². The molecule has 650 valence electrons. The third kappa shape index (κ3) is 19.2. The van der Waals surface area contributed by atoms with E-state index in [4.69, 9.17) is 14.2 Å². The first kappa shape index (κ1) is 89.1. The molecule has 32 heteroatoms. The average Bonchev–Trinajstić information content (AvgIpc) is 1.52. The van der Waals surface area contributed by atoms with Gasteiger partial charge in [0.15, 0.2) is 11.4 Å². The highest BCUT2D eigenvalue weighted by molar-refractivity contribution is 6.04. The molecule has 3 aromatic rings. The summed E-state index contributed by atoms with van der Waals surface area (Å²) in [4.78, 5) is 200. The lowest BCUT2D eigenvalue weighted by Gasteiger charge is -2.35. The normalized spacial score (nSPS) is 29.0. The maximum Gasteiger partial charge on any atom is 0.329 e. The summed E-state index contributed by atoms with van der Waals surface area (Å²) in [7, 11) is 5.08. The van der Waals surface area contributed by atoms with Crippen LogP contribution in [0.5, 0.6) is 0 Å². The minimum absolute atomic E-state index is 0.0112. The minimum atomic E-state index is -1.22. The van der Waals surface area contributed by atoms with E-state index in [1.165, 1.54) is 0 Å². The van der Waals surface area contributed by atoms with Crippen LogP contribution in [0.4, 0.5) is 5.69 Å². The number of morpholine rings is 1. The molecule has 11 aliphatic rings. The molecular weight excluding hydrogens is 1540 g/mol. The number of cyclic esters (lactones) is 1. The Morgan fingerprint density at radius 3 is 1.32 bits per heavy atom. The highest BCUT2D eigenvalue weighted by Crippen LogP contribution is 2.66. The van der Waals surface area contributed by atoms with Crippen molar-refractivity contribution in [1.82, 2.24) is 67.5 Å². The highest BCUT2D eigenvalue weighted by Gasteiger charge is 2.76. The van der Waals surface area contributed by atoms with Crippen molar-refractivity contribution < 1.29 is 86.1 Å². The SMILES string of the molecule is CN[C@@H](C)C(=O)N[C@H]1CCCC[C@H]2CC[C@@H](C(=O)NCc3cccc(C(=O)C[C@@H]4CCOC4=O)c3)N2C1=O.CN[C@@H](C)C(=O)N[C@H]1CCCC[C@H]2CC[C@@H](C(=O)NCc3cccc(C(=O)N4C[C@H]5C[C@@H]4C(=O)O5)c3)N2C1=O.CN[C@@H](C)C(=O)N[C@H]1CCCC[C@H]2CC[C@@H](C(=O)NCc3cccc(NC(=O)C45CCC(C)(C(=O)O4)C5(C)C)c3)N2C1=O. The van der Waals surface area contributed by atoms with Gasteiger partial charge >= 0.3 is 17.9 Å². The second-order valence-electron chi connectivity index (χ2n) is 35.0. The van der Waals surface area contributed by atoms with Crippen LogP contribution in [0.25, 0.3) is 0 Å². The van der Waals surface area contributed by atoms with E-state index >= 15 is 0 Å². The zero-order valence-corrected chi connectivity index (χ0v) is 70.5. The van der Waals surface area contributed by atoms with Gasteiger partial charge in [-0.1, -0.05) is 94.8 Å². The number of likely N-dealkylation sites (tertiary alicyclic amines) is 1. The summed E-state index contributed by atoms with van der Waals surface area (Å²) in [6.45, 7) is 12.3. The number of rotatable bonds is 24. The number of anilines is 1. The molecule has 0 spiro atoms. The number of nitrogens with zero attached hydrogens (tertiary/aromatic N) is 4. The van der Waals surface area contributed by atoms with Crippen molar-refractivity contribution in [3.05, 3.63) is 101 Å². The molecule has 2 unspecified atom stereocenters. The standard InChI is InChI=1S/C32H45N5O6.C28H37N5O6.C28H38N4O6/c1-19(33-5)25(38)36-23-12-7-6-11-22-13-14-24(37(22)27(23)40)26(39)34-18-20-9-8-10-21(17-20)35-28(41)32-16-15-31(4,29(42)43-32)30(32,2)3;1-16(29-2)24(34)31-21-9-4-3-8-19-10-11-22(33(19)27(21)37)25(35)30-14-17-6-5-7-18(12-17)26(36)32-15-20-13-23(32)28(38)39-20;1-17(29-2)25(34)31-22-9-4-3-8-21-10-11-23(32(21)27(22)36)26(35)30-16-18-6-5-7-19(14-18)24(33)15-20-12-13-38-28(20)37/h8-10,17,19,22-24,33H,6-7,11-16,18H2,1-5H3,(H,34,39)(H,35,41)(H,36,38);5-7,12,16,19-23,29H,3-4,8-11,13-15H2,1-2H3,(H,30,35)(H,31,34);5-7,14,17,20-23,29H,3-4,8-13,15-16H2,1-2H3,(H,30,35)(H,31,34)/t19-,22-,23-,24-,31?,32?;16-,19-,20+,21-,22-,23+;17-,20-,21-,22-,23-/m000/s1. The van der Waals surface area contributed by atoms with Crippen molar-refractivity contribution in [3.8, 4) is 0 Å². The molecule has 4 bridgehead atoms. The molecule has 32 nitrogen and oxygen atoms in total. The van der Waals surface area contributed by atoms with Crippen LogP contribution in [-0.2, 0) is 96.2 Å². The van der Waals surface area contributed by atoms with Crippen LogP contribution < -0.4 is 53.2 Å². The molecule has 10 heterocycles. The molecule has 10 N–H and O–H groups in total. The molecule has 3 aromatic carbocycles. The molecule has 11 amide bonds. The number of benzene rings is 3. The third-order valence-corrected chi connectivity index (χ3v) is 27.4. The fourth-order valence-electron chi connectivity index (χ4n) is 19.2. The maximum absolute atomic E-state index is 13.7. The molecule has 17 atom stereocenters. The van der Waals surface area contributed by atoms with Crippen LogP contribution in [0, 0.1) is 16.7 Å². The lowest BCUT2D eigenvalue weighted by molar-refractivity contribution is -0.165. The fourth-order valence-corrected chi connectivity index (χ4v) is 19.2. The molecule has 0 aromatic heterocycles. The Bertz CT molecular complexity index is 4400. The number of hydrogen-bond donors (Lipinski definition) is 10. The zero-order chi connectivity index (χ0) is 86.1. The Hall–Kier alpha value is -10.2. The molecule has 14 rings (SSSR count). The van der Waals surface area contributed by atoms with Crippen LogP contribution in [0.1, 0.15) is 227 Å². The summed E-state index contributed by atoms with van der Waals surface area (Å²) in [6, 6.07) is 15.7. The number of Topliss-reactive ketones (excluding diaryl/α,β-unsaturated/α-hetero) is 1. The predicted octanol–water partition coefficient (Wildman–Crippen LogP) is 4.32. The van der Waals surface area contributed by atoms with Crippen LogP contribution in [0.15, 0.2) is 72.8 Å². The maximum atomic E-state index is 13.7. The predicted molar refractivity (Wildman–Crippen MR) is 439 cm³/mol. The Balaban J connectivity index is 0.000000165. The van der Waals surface area contributed by atoms with Gasteiger partial charge < -0.3 is 87.0 Å². The van der Waals surface area contributed by atoms with Crippen molar-refractivity contribution in [3.63, 3.8) is 0 Å². The minimum Gasteiger partial charge on any atom is -0.465 e. The molecule has 1 aliphatic carbocycles. The van der Waals surface area contributed by atoms with Crippen LogP contribution in [0.2, 0.25) is 0 Å². The summed E-state index contributed by atoms with van der Waals surface area (Å²) in [5, 5.41) is 29.2. The van der Waals surface area contributed by atoms with Crippen molar-refractivity contribution in [2.24, 2.45) is 16.7 Å². The first-order valence-electron chi connectivity index (χ1n) is 43.1. The summed E-state index contributed by atoms with van der Waals surface area (Å²) < 4.78 is 15.8. The largest absolute Gasteiger partial charge is 0.465 e. The van der Waals surface area contributed by atoms with Gasteiger partial charge in [0.2, 0.25) is 53.2 Å². The Labute approximate surface area is 700 Å². The molecule has 11 fully saturated rings. The van der Waals surface area contributed by atoms with E-state index in [1.807, 2.05) is 39.0 Å². The summed E-state index contributed by atoms with van der Waals surface area (Å²) in [5.74, 6) is -4.09. The molecule has 120 heavy (non-hydrogen) atoms. The molecule has 1 saturated carbocycles. The quantitative estimate of drug-likeness (QED) is 0.0339. The van der Waals surface area contributed by atoms with Crippen molar-refractivity contribution in [2.75, 3.05) is 39.6 Å². The van der Waals surface area contributed by atoms with Crippen molar-refractivity contribution in [1.29, 1.82) is 0 Å². The van der Waals surface area contributed by atoms with E-state index in [-0.39, 0.29) is 139 Å². The lowest BCUT2D eigenvalue weighted by atomic mass is 9.66. The first-order chi connectivity index (χ1) is 57.4. The molecule has 0 radical (unpaired) electrons. The summed E-state index contributed by atoms with van der Waals surface area (Å²) >= 11 is 0. The van der Waals surface area contributed by atoms with E-state index in [1.54, 1.807) is 116 Å². The Kier molecular flexibility index (Phi) is 28.7. The number of carbonyl (C=O) groups is 15. The van der Waals surface area contributed by atoms with Gasteiger partial charge in [-0.3, -0.25) is 67.1 Å². The lowest BCUT2D eigenvalue weighted by Crippen LogP contribution is -2.57. The number of fused-ring (bicyclic) bond motifs is 7. The van der Waals surface area contributed by atoms with Crippen molar-refractivity contribution in [2.45, 2.75) is 299 Å². The number of amides is 11. The second-order valence-corrected chi connectivity index (χ2v) is 35.0. The monoisotopic (exact) mass is 1660 g/mol. The van der Waals surface area contributed by atoms with Gasteiger partial charge in [-0.05, 0) is 192 Å². The van der Waals surface area contributed by atoms with Gasteiger partial charge in [0.25, 0.3) is 11.8 Å². The van der Waals surface area contributed by atoms with Crippen molar-refractivity contribution >= 4 is 94.4 Å². The number of ketones is 1. The van der Waals surface area contributed by atoms with Gasteiger partial charge in [0, 0.05) is 72.8 Å². The fraction of sp³-hybridized carbons (Fsp3) is 0.625. The number of ether oxygens (including phenoxy) is 3. The number of carbonyl (C=O) groups excluding carboxylic acids is 15. The number of nitrogens with one attached hydrogen (secondary N) is 10. The molecule has 10 saturated heterocycles.